The molecule has 4 heteroatoms. The average Bonchev–Trinajstić information content (AvgIpc) is 2.39. The molecule has 2 N–H and O–H groups in total. The first-order chi connectivity index (χ1) is 9.00. The van der Waals surface area contributed by atoms with E-state index in [2.05, 4.69) is 10.6 Å². The van der Waals surface area contributed by atoms with E-state index in [9.17, 15) is 9.18 Å². The summed E-state index contributed by atoms with van der Waals surface area (Å²) in [5, 5.41) is 6.21. The minimum absolute atomic E-state index is 0.0229. The molecule has 3 nitrogen and oxygen atoms in total. The Bertz CT molecular complexity index is 453. The van der Waals surface area contributed by atoms with Crippen LogP contribution < -0.4 is 10.6 Å². The van der Waals surface area contributed by atoms with Crippen molar-refractivity contribution in [1.29, 1.82) is 0 Å². The quantitative estimate of drug-likeness (QED) is 0.878. The van der Waals surface area contributed by atoms with Crippen molar-refractivity contribution in [1.82, 2.24) is 10.6 Å². The lowest BCUT2D eigenvalue weighted by Gasteiger charge is -2.31. The van der Waals surface area contributed by atoms with Gasteiger partial charge in [-0.3, -0.25) is 4.79 Å². The average molecular weight is 264 g/mol. The summed E-state index contributed by atoms with van der Waals surface area (Å²) < 4.78 is 13.8. The van der Waals surface area contributed by atoms with Gasteiger partial charge in [0.15, 0.2) is 0 Å². The molecule has 0 aromatic heterocycles. The molecular formula is C15H21FN2O. The van der Waals surface area contributed by atoms with E-state index in [1.807, 2.05) is 13.8 Å². The molecule has 0 unspecified atom stereocenters. The molecule has 2 rings (SSSR count). The van der Waals surface area contributed by atoms with E-state index >= 15 is 0 Å². The van der Waals surface area contributed by atoms with Crippen LogP contribution in [0.4, 0.5) is 4.39 Å². The van der Waals surface area contributed by atoms with E-state index in [1.165, 1.54) is 6.07 Å². The highest BCUT2D eigenvalue weighted by Crippen LogP contribution is 2.24. The van der Waals surface area contributed by atoms with Crippen LogP contribution in [0.5, 0.6) is 0 Å². The summed E-state index contributed by atoms with van der Waals surface area (Å²) in [6, 6.07) is 6.59. The van der Waals surface area contributed by atoms with Crippen molar-refractivity contribution in [2.75, 3.05) is 13.1 Å². The predicted octanol–water partition coefficient (Wildman–Crippen LogP) is 2.18. The molecule has 1 aliphatic heterocycles. The van der Waals surface area contributed by atoms with Crippen molar-refractivity contribution in [2.45, 2.75) is 32.2 Å². The molecule has 1 saturated heterocycles. The van der Waals surface area contributed by atoms with E-state index in [-0.39, 0.29) is 17.6 Å². The third kappa shape index (κ3) is 3.32. The van der Waals surface area contributed by atoms with E-state index in [0.29, 0.717) is 5.56 Å². The summed E-state index contributed by atoms with van der Waals surface area (Å²) in [5.41, 5.74) is -0.162. The molecule has 1 amide bonds. The molecule has 0 bridgehead atoms. The summed E-state index contributed by atoms with van der Waals surface area (Å²) >= 11 is 0. The molecule has 0 spiro atoms. The third-order valence-corrected chi connectivity index (χ3v) is 3.69. The van der Waals surface area contributed by atoms with Crippen molar-refractivity contribution < 1.29 is 9.18 Å². The molecule has 1 aliphatic rings. The topological polar surface area (TPSA) is 41.1 Å². The lowest BCUT2D eigenvalue weighted by molar-refractivity contribution is -0.127. The number of hydrogen-bond acceptors (Lipinski definition) is 2. The second-order valence-corrected chi connectivity index (χ2v) is 5.62. The minimum Gasteiger partial charge on any atom is -0.347 e. The maximum Gasteiger partial charge on any atom is 0.223 e. The van der Waals surface area contributed by atoms with Gasteiger partial charge < -0.3 is 10.6 Å². The highest BCUT2D eigenvalue weighted by Gasteiger charge is 2.29. The number of rotatable bonds is 3. The molecule has 19 heavy (non-hydrogen) atoms. The number of nitrogens with one attached hydrogen (secondary N) is 2. The number of carbonyl (C=O) groups is 1. The van der Waals surface area contributed by atoms with E-state index in [0.717, 1.165) is 25.9 Å². The summed E-state index contributed by atoms with van der Waals surface area (Å²) in [6.45, 7) is 5.42. The van der Waals surface area contributed by atoms with Gasteiger partial charge in [-0.2, -0.15) is 0 Å². The highest BCUT2D eigenvalue weighted by atomic mass is 19.1. The lowest BCUT2D eigenvalue weighted by atomic mass is 9.91. The SMILES string of the molecule is CC(C)(NC(=O)C1CCNCC1)c1ccccc1F. The minimum atomic E-state index is -0.687. The third-order valence-electron chi connectivity index (χ3n) is 3.69. The molecule has 0 radical (unpaired) electrons. The molecule has 1 fully saturated rings. The lowest BCUT2D eigenvalue weighted by Crippen LogP contribution is -2.46. The van der Waals surface area contributed by atoms with E-state index in [1.54, 1.807) is 18.2 Å². The number of amides is 1. The molecular weight excluding hydrogens is 243 g/mol. The van der Waals surface area contributed by atoms with Gasteiger partial charge in [0, 0.05) is 11.5 Å². The Balaban J connectivity index is 2.08. The first kappa shape index (κ1) is 14.0. The van der Waals surface area contributed by atoms with Crippen LogP contribution in [0, 0.1) is 11.7 Å². The Labute approximate surface area is 113 Å². The van der Waals surface area contributed by atoms with Gasteiger partial charge in [-0.25, -0.2) is 4.39 Å². The molecule has 1 aromatic rings. The van der Waals surface area contributed by atoms with Crippen LogP contribution in [0.1, 0.15) is 32.3 Å². The molecule has 0 aliphatic carbocycles. The fourth-order valence-corrected chi connectivity index (χ4v) is 2.53. The monoisotopic (exact) mass is 264 g/mol. The first-order valence-corrected chi connectivity index (χ1v) is 6.78. The van der Waals surface area contributed by atoms with Crippen LogP contribution in [-0.2, 0) is 10.3 Å². The molecule has 0 atom stereocenters. The molecule has 1 heterocycles. The van der Waals surface area contributed by atoms with Gasteiger partial charge in [0.2, 0.25) is 5.91 Å². The Hall–Kier alpha value is -1.42. The van der Waals surface area contributed by atoms with Crippen LogP contribution in [0.25, 0.3) is 0 Å². The van der Waals surface area contributed by atoms with Crippen molar-refractivity contribution >= 4 is 5.91 Å². The standard InChI is InChI=1S/C15H21FN2O/c1-15(2,12-5-3-4-6-13(12)16)18-14(19)11-7-9-17-10-8-11/h3-6,11,17H,7-10H2,1-2H3,(H,18,19). The van der Waals surface area contributed by atoms with Gasteiger partial charge in [0.1, 0.15) is 5.82 Å². The van der Waals surface area contributed by atoms with Crippen molar-refractivity contribution in [3.8, 4) is 0 Å². The summed E-state index contributed by atoms with van der Waals surface area (Å²) in [5.74, 6) is -0.222. The second-order valence-electron chi connectivity index (χ2n) is 5.62. The van der Waals surface area contributed by atoms with Crippen LogP contribution in [-0.4, -0.2) is 19.0 Å². The summed E-state index contributed by atoms with van der Waals surface area (Å²) in [6.07, 6.45) is 1.69. The van der Waals surface area contributed by atoms with Crippen LogP contribution in [0.3, 0.4) is 0 Å². The van der Waals surface area contributed by atoms with Crippen molar-refractivity contribution in [3.05, 3.63) is 35.6 Å². The van der Waals surface area contributed by atoms with Crippen molar-refractivity contribution in [3.63, 3.8) is 0 Å². The fourth-order valence-electron chi connectivity index (χ4n) is 2.53. The van der Waals surface area contributed by atoms with Crippen molar-refractivity contribution in [2.24, 2.45) is 5.92 Å². The molecule has 104 valence electrons. The van der Waals surface area contributed by atoms with E-state index < -0.39 is 5.54 Å². The van der Waals surface area contributed by atoms with E-state index in [4.69, 9.17) is 0 Å². The smallest absolute Gasteiger partial charge is 0.223 e. The second kappa shape index (κ2) is 5.70. The maximum atomic E-state index is 13.8. The van der Waals surface area contributed by atoms with Gasteiger partial charge >= 0.3 is 0 Å². The number of carbonyl (C=O) groups excluding carboxylic acids is 1. The Morgan fingerprint density at radius 1 is 1.32 bits per heavy atom. The van der Waals surface area contributed by atoms with Gasteiger partial charge in [-0.05, 0) is 45.8 Å². The predicted molar refractivity (Wildman–Crippen MR) is 73.2 cm³/mol. The number of hydrogen-bond donors (Lipinski definition) is 2. The maximum absolute atomic E-state index is 13.8. The number of piperidine rings is 1. The normalized spacial score (nSPS) is 17.2. The Morgan fingerprint density at radius 3 is 2.58 bits per heavy atom. The molecule has 1 aromatic carbocycles. The zero-order valence-corrected chi connectivity index (χ0v) is 11.5. The van der Waals surface area contributed by atoms with Gasteiger partial charge in [-0.1, -0.05) is 18.2 Å². The summed E-state index contributed by atoms with van der Waals surface area (Å²) in [4.78, 5) is 12.2. The highest BCUT2D eigenvalue weighted by molar-refractivity contribution is 5.79. The van der Waals surface area contributed by atoms with Crippen LogP contribution in [0.2, 0.25) is 0 Å². The Morgan fingerprint density at radius 2 is 1.95 bits per heavy atom. The number of benzene rings is 1. The van der Waals surface area contributed by atoms with Crippen LogP contribution >= 0.6 is 0 Å². The largest absolute Gasteiger partial charge is 0.347 e. The first-order valence-electron chi connectivity index (χ1n) is 6.78. The van der Waals surface area contributed by atoms with Gasteiger partial charge in [0.25, 0.3) is 0 Å². The number of halogens is 1. The van der Waals surface area contributed by atoms with Gasteiger partial charge in [-0.15, -0.1) is 0 Å². The fraction of sp³-hybridized carbons (Fsp3) is 0.533. The summed E-state index contributed by atoms with van der Waals surface area (Å²) in [7, 11) is 0. The molecule has 0 saturated carbocycles. The van der Waals surface area contributed by atoms with Gasteiger partial charge in [0.05, 0.1) is 5.54 Å². The Kier molecular flexibility index (Phi) is 4.20. The zero-order valence-electron chi connectivity index (χ0n) is 11.5. The zero-order chi connectivity index (χ0) is 13.9. The van der Waals surface area contributed by atoms with Crippen LogP contribution in [0.15, 0.2) is 24.3 Å².